The number of aromatic nitrogens is 2. The fourth-order valence-electron chi connectivity index (χ4n) is 1.52. The van der Waals surface area contributed by atoms with Gasteiger partial charge in [0.25, 0.3) is 0 Å². The molecule has 0 bridgehead atoms. The predicted molar refractivity (Wildman–Crippen MR) is 80.2 cm³/mol. The Bertz CT molecular complexity index is 586. The van der Waals surface area contributed by atoms with Crippen LogP contribution in [-0.4, -0.2) is 16.2 Å². The molecule has 0 amide bonds. The van der Waals surface area contributed by atoms with Crippen LogP contribution in [0.5, 0.6) is 0 Å². The molecule has 3 rings (SSSR count). The van der Waals surface area contributed by atoms with Crippen molar-refractivity contribution in [1.82, 2.24) is 10.2 Å². The molecule has 0 radical (unpaired) electrons. The minimum atomic E-state index is -0.184. The normalized spacial score (nSPS) is 14.6. The van der Waals surface area contributed by atoms with Gasteiger partial charge in [-0.2, -0.15) is 0 Å². The molecule has 1 aliphatic rings. The highest BCUT2D eigenvalue weighted by molar-refractivity contribution is 9.10. The van der Waals surface area contributed by atoms with Gasteiger partial charge in [0.15, 0.2) is 4.34 Å². The first-order valence-electron chi connectivity index (χ1n) is 5.87. The molecule has 3 nitrogen and oxygen atoms in total. The Morgan fingerprint density at radius 3 is 3.05 bits per heavy atom. The van der Waals surface area contributed by atoms with Crippen LogP contribution in [0.4, 0.5) is 9.52 Å². The highest BCUT2D eigenvalue weighted by atomic mass is 79.9. The molecule has 1 fully saturated rings. The summed E-state index contributed by atoms with van der Waals surface area (Å²) in [6.45, 7) is 0. The average Bonchev–Trinajstić information content (AvgIpc) is 3.08. The molecule has 1 aromatic heterocycles. The number of halogens is 2. The molecule has 2 aromatic rings. The first-order valence-corrected chi connectivity index (χ1v) is 8.47. The van der Waals surface area contributed by atoms with Crippen LogP contribution in [0.2, 0.25) is 0 Å². The summed E-state index contributed by atoms with van der Waals surface area (Å²) in [7, 11) is 0. The second-order valence-electron chi connectivity index (χ2n) is 4.32. The monoisotopic (exact) mass is 359 g/mol. The van der Waals surface area contributed by atoms with E-state index in [2.05, 4.69) is 31.4 Å². The lowest BCUT2D eigenvalue weighted by Crippen LogP contribution is -1.99. The van der Waals surface area contributed by atoms with Crippen molar-refractivity contribution in [3.63, 3.8) is 0 Å². The largest absolute Gasteiger partial charge is 0.357 e. The summed E-state index contributed by atoms with van der Waals surface area (Å²) in [6.07, 6.45) is 2.43. The van der Waals surface area contributed by atoms with Crippen molar-refractivity contribution in [1.29, 1.82) is 0 Å². The molecular formula is C12H11BrFN3S2. The Morgan fingerprint density at radius 1 is 1.42 bits per heavy atom. The number of anilines is 1. The summed E-state index contributed by atoms with van der Waals surface area (Å²) in [5, 5.41) is 12.3. The maximum Gasteiger partial charge on any atom is 0.206 e. The molecule has 7 heteroatoms. The number of benzene rings is 1. The van der Waals surface area contributed by atoms with Crippen molar-refractivity contribution in [3.05, 3.63) is 34.1 Å². The summed E-state index contributed by atoms with van der Waals surface area (Å²) in [6, 6.07) is 5.55. The third kappa shape index (κ3) is 3.67. The van der Waals surface area contributed by atoms with Gasteiger partial charge in [-0.05, 0) is 36.6 Å². The lowest BCUT2D eigenvalue weighted by Gasteiger charge is -2.01. The van der Waals surface area contributed by atoms with Gasteiger partial charge in [0.05, 0.1) is 0 Å². The van der Waals surface area contributed by atoms with Crippen LogP contribution in [0.25, 0.3) is 0 Å². The maximum atomic E-state index is 13.6. The van der Waals surface area contributed by atoms with E-state index < -0.39 is 0 Å². The van der Waals surface area contributed by atoms with Gasteiger partial charge in [-0.1, -0.05) is 39.0 Å². The van der Waals surface area contributed by atoms with E-state index >= 15 is 0 Å². The lowest BCUT2D eigenvalue weighted by molar-refractivity contribution is 0.617. The average molecular weight is 360 g/mol. The van der Waals surface area contributed by atoms with Crippen molar-refractivity contribution in [2.24, 2.45) is 0 Å². The van der Waals surface area contributed by atoms with Crippen LogP contribution in [0.15, 0.2) is 27.0 Å². The second-order valence-corrected chi connectivity index (χ2v) is 7.43. The third-order valence-corrected chi connectivity index (χ3v) is 5.20. The molecule has 0 aliphatic heterocycles. The number of hydrogen-bond donors (Lipinski definition) is 1. The molecule has 1 heterocycles. The van der Waals surface area contributed by atoms with Crippen LogP contribution in [0, 0.1) is 5.82 Å². The predicted octanol–water partition coefficient (Wildman–Crippen LogP) is 4.31. The fraction of sp³-hybridized carbons (Fsp3) is 0.333. The smallest absolute Gasteiger partial charge is 0.206 e. The van der Waals surface area contributed by atoms with E-state index in [1.807, 2.05) is 0 Å². The first kappa shape index (κ1) is 13.3. The van der Waals surface area contributed by atoms with E-state index in [-0.39, 0.29) is 5.82 Å². The molecule has 1 aromatic carbocycles. The first-order chi connectivity index (χ1) is 9.20. The van der Waals surface area contributed by atoms with Gasteiger partial charge in [0.1, 0.15) is 5.82 Å². The molecule has 19 heavy (non-hydrogen) atoms. The molecule has 1 saturated carbocycles. The van der Waals surface area contributed by atoms with Crippen LogP contribution in [0.1, 0.15) is 18.4 Å². The molecule has 1 N–H and O–H groups in total. The van der Waals surface area contributed by atoms with Gasteiger partial charge >= 0.3 is 0 Å². The van der Waals surface area contributed by atoms with E-state index in [9.17, 15) is 4.39 Å². The summed E-state index contributed by atoms with van der Waals surface area (Å²) >= 11 is 6.38. The van der Waals surface area contributed by atoms with E-state index in [0.717, 1.165) is 13.9 Å². The van der Waals surface area contributed by atoms with Gasteiger partial charge in [-0.25, -0.2) is 4.39 Å². The highest BCUT2D eigenvalue weighted by Gasteiger charge is 2.22. The zero-order valence-electron chi connectivity index (χ0n) is 9.90. The zero-order valence-corrected chi connectivity index (χ0v) is 13.1. The number of nitrogens with zero attached hydrogens (tertiary/aromatic N) is 2. The molecule has 100 valence electrons. The number of rotatable bonds is 5. The van der Waals surface area contributed by atoms with Crippen molar-refractivity contribution in [2.75, 3.05) is 5.32 Å². The topological polar surface area (TPSA) is 37.8 Å². The van der Waals surface area contributed by atoms with Crippen LogP contribution in [-0.2, 0) is 5.75 Å². The van der Waals surface area contributed by atoms with Crippen LogP contribution < -0.4 is 5.32 Å². The molecule has 0 spiro atoms. The molecule has 1 aliphatic carbocycles. The van der Waals surface area contributed by atoms with Gasteiger partial charge < -0.3 is 5.32 Å². The fourth-order valence-corrected chi connectivity index (χ4v) is 3.73. The van der Waals surface area contributed by atoms with Crippen molar-refractivity contribution in [3.8, 4) is 0 Å². The minimum absolute atomic E-state index is 0.184. The van der Waals surface area contributed by atoms with Crippen LogP contribution >= 0.6 is 39.0 Å². The highest BCUT2D eigenvalue weighted by Crippen LogP contribution is 2.32. The van der Waals surface area contributed by atoms with Gasteiger partial charge in [-0.15, -0.1) is 10.2 Å². The van der Waals surface area contributed by atoms with Crippen molar-refractivity contribution in [2.45, 2.75) is 29.0 Å². The molecule has 0 atom stereocenters. The standard InChI is InChI=1S/C12H11BrFN3S2/c13-8-1-4-10(14)7(5-8)6-18-12-17-16-11(19-12)15-9-2-3-9/h1,4-5,9H,2-3,6H2,(H,15,16). The van der Waals surface area contributed by atoms with Crippen molar-refractivity contribution >= 4 is 44.2 Å². The Labute approximate surface area is 127 Å². The second kappa shape index (κ2) is 5.76. The Balaban J connectivity index is 1.61. The van der Waals surface area contributed by atoms with Crippen molar-refractivity contribution < 1.29 is 4.39 Å². The Kier molecular flexibility index (Phi) is 4.04. The number of thioether (sulfide) groups is 1. The van der Waals surface area contributed by atoms with E-state index in [1.54, 1.807) is 12.1 Å². The van der Waals surface area contributed by atoms with Gasteiger partial charge in [-0.3, -0.25) is 0 Å². The Morgan fingerprint density at radius 2 is 2.26 bits per heavy atom. The number of nitrogens with one attached hydrogen (secondary N) is 1. The summed E-state index contributed by atoms with van der Waals surface area (Å²) < 4.78 is 15.3. The van der Waals surface area contributed by atoms with Gasteiger partial charge in [0.2, 0.25) is 5.13 Å². The quantitative estimate of drug-likeness (QED) is 0.807. The maximum absolute atomic E-state index is 13.6. The zero-order chi connectivity index (χ0) is 13.2. The third-order valence-electron chi connectivity index (χ3n) is 2.67. The number of hydrogen-bond acceptors (Lipinski definition) is 5. The summed E-state index contributed by atoms with van der Waals surface area (Å²) in [4.78, 5) is 0. The molecule has 0 unspecified atom stereocenters. The van der Waals surface area contributed by atoms with Crippen LogP contribution in [0.3, 0.4) is 0 Å². The molecular weight excluding hydrogens is 349 g/mol. The van der Waals surface area contributed by atoms with E-state index in [0.29, 0.717) is 17.4 Å². The Hall–Kier alpha value is -0.660. The summed E-state index contributed by atoms with van der Waals surface area (Å²) in [5.74, 6) is 0.375. The lowest BCUT2D eigenvalue weighted by atomic mass is 10.2. The summed E-state index contributed by atoms with van der Waals surface area (Å²) in [5.41, 5.74) is 0.672. The molecule has 0 saturated heterocycles. The minimum Gasteiger partial charge on any atom is -0.357 e. The van der Waals surface area contributed by atoms with E-state index in [4.69, 9.17) is 0 Å². The SMILES string of the molecule is Fc1ccc(Br)cc1CSc1nnc(NC2CC2)s1. The van der Waals surface area contributed by atoms with Gasteiger partial charge in [0, 0.05) is 16.3 Å². The van der Waals surface area contributed by atoms with E-state index in [1.165, 1.54) is 42.0 Å².